The Hall–Kier alpha value is -1.59. The number of hydrogen-bond acceptors (Lipinski definition) is 3. The third-order valence-corrected chi connectivity index (χ3v) is 7.47. The molecule has 1 aromatic rings. The average molecular weight is 492 g/mol. The van der Waals surface area contributed by atoms with Gasteiger partial charge in [0.05, 0.1) is 0 Å². The topological polar surface area (TPSA) is 52.7 Å². The number of halogens is 1. The molecule has 2 aliphatic rings. The maximum absolute atomic E-state index is 13.3. The Morgan fingerprint density at radius 3 is 2.29 bits per heavy atom. The van der Waals surface area contributed by atoms with Crippen molar-refractivity contribution in [3.05, 3.63) is 35.9 Å². The van der Waals surface area contributed by atoms with Gasteiger partial charge < -0.3 is 15.1 Å². The highest BCUT2D eigenvalue weighted by Crippen LogP contribution is 2.34. The molecule has 0 unspecified atom stereocenters. The van der Waals surface area contributed by atoms with E-state index in [2.05, 4.69) is 61.3 Å². The summed E-state index contributed by atoms with van der Waals surface area (Å²) in [6.45, 7) is 9.99. The van der Waals surface area contributed by atoms with Crippen LogP contribution in [-0.4, -0.2) is 59.4 Å². The molecule has 1 spiro atoms. The van der Waals surface area contributed by atoms with Crippen LogP contribution in [-0.2, 0) is 16.0 Å². The third kappa shape index (κ3) is 7.45. The fourth-order valence-corrected chi connectivity index (χ4v) is 5.45. The standard InChI is InChI=1S/C28H45N3O2.ClH/c1-4-5-19-31-26(32)25(22-23(2)3)29-27(33)28(31)16-20-30(21-17-28)18-12-7-6-9-13-24-14-10-8-11-15-24;/h8,10-11,14-15,23,25H,4-7,9,12-13,16-22H2,1-3H3,(H,29,33);1H/t25-;/m0./s1. The van der Waals surface area contributed by atoms with Crippen LogP contribution in [0.25, 0.3) is 0 Å². The molecule has 0 aromatic heterocycles. The van der Waals surface area contributed by atoms with Gasteiger partial charge in [-0.25, -0.2) is 0 Å². The number of nitrogens with zero attached hydrogens (tertiary/aromatic N) is 2. The first kappa shape index (κ1) is 28.6. The van der Waals surface area contributed by atoms with Gasteiger partial charge in [0, 0.05) is 19.6 Å². The minimum atomic E-state index is -0.633. The summed E-state index contributed by atoms with van der Waals surface area (Å²) in [4.78, 5) is 31.1. The molecule has 1 atom stereocenters. The summed E-state index contributed by atoms with van der Waals surface area (Å²) in [5.41, 5.74) is 0.800. The Morgan fingerprint density at radius 1 is 0.971 bits per heavy atom. The molecule has 192 valence electrons. The monoisotopic (exact) mass is 491 g/mol. The number of aryl methyl sites for hydroxylation is 1. The van der Waals surface area contributed by atoms with Crippen LogP contribution in [0, 0.1) is 5.92 Å². The Bertz CT molecular complexity index is 747. The highest BCUT2D eigenvalue weighted by atomic mass is 35.5. The zero-order valence-corrected chi connectivity index (χ0v) is 22.4. The number of benzene rings is 1. The van der Waals surface area contributed by atoms with Gasteiger partial charge in [-0.2, -0.15) is 0 Å². The van der Waals surface area contributed by atoms with E-state index in [0.29, 0.717) is 12.5 Å². The number of hydrogen-bond donors (Lipinski definition) is 1. The van der Waals surface area contributed by atoms with E-state index in [1.807, 2.05) is 4.90 Å². The van der Waals surface area contributed by atoms with E-state index in [4.69, 9.17) is 0 Å². The largest absolute Gasteiger partial charge is 0.342 e. The summed E-state index contributed by atoms with van der Waals surface area (Å²) in [5, 5.41) is 3.11. The molecular weight excluding hydrogens is 446 g/mol. The minimum Gasteiger partial charge on any atom is -0.342 e. The molecule has 6 heteroatoms. The van der Waals surface area contributed by atoms with Gasteiger partial charge in [-0.3, -0.25) is 9.59 Å². The second-order valence-corrected chi connectivity index (χ2v) is 10.5. The van der Waals surface area contributed by atoms with Crippen LogP contribution in [0.15, 0.2) is 30.3 Å². The van der Waals surface area contributed by atoms with E-state index < -0.39 is 5.54 Å². The zero-order valence-electron chi connectivity index (χ0n) is 21.6. The molecule has 0 radical (unpaired) electrons. The zero-order chi connectivity index (χ0) is 23.7. The summed E-state index contributed by atoms with van der Waals surface area (Å²) in [5.74, 6) is 0.615. The molecule has 2 amide bonds. The normalized spacial score (nSPS) is 20.5. The van der Waals surface area contributed by atoms with Gasteiger partial charge in [0.2, 0.25) is 11.8 Å². The first-order valence-corrected chi connectivity index (χ1v) is 13.3. The molecule has 1 N–H and O–H groups in total. The van der Waals surface area contributed by atoms with Gasteiger partial charge >= 0.3 is 0 Å². The molecule has 5 nitrogen and oxygen atoms in total. The van der Waals surface area contributed by atoms with Gasteiger partial charge in [-0.05, 0) is 63.0 Å². The maximum Gasteiger partial charge on any atom is 0.246 e. The Kier molecular flexibility index (Phi) is 11.9. The van der Waals surface area contributed by atoms with Crippen LogP contribution in [0.2, 0.25) is 0 Å². The smallest absolute Gasteiger partial charge is 0.246 e. The van der Waals surface area contributed by atoms with E-state index >= 15 is 0 Å². The second kappa shape index (κ2) is 14.1. The SMILES string of the molecule is CCCCN1C(=O)[C@H](CC(C)C)NC(=O)C12CCN(CCCCCCc1ccccc1)CC2.Cl. The lowest BCUT2D eigenvalue weighted by molar-refractivity contribution is -0.161. The maximum atomic E-state index is 13.3. The quantitative estimate of drug-likeness (QED) is 0.408. The molecule has 34 heavy (non-hydrogen) atoms. The number of carbonyl (C=O) groups is 2. The van der Waals surface area contributed by atoms with Gasteiger partial charge in [-0.1, -0.05) is 70.4 Å². The van der Waals surface area contributed by atoms with E-state index in [1.54, 1.807) is 0 Å². The van der Waals surface area contributed by atoms with Gasteiger partial charge in [0.15, 0.2) is 0 Å². The lowest BCUT2D eigenvalue weighted by atomic mass is 9.80. The molecule has 2 saturated heterocycles. The molecule has 2 heterocycles. The molecule has 0 bridgehead atoms. The predicted molar refractivity (Wildman–Crippen MR) is 142 cm³/mol. The second-order valence-electron chi connectivity index (χ2n) is 10.5. The molecule has 2 aliphatic heterocycles. The van der Waals surface area contributed by atoms with Gasteiger partial charge in [0.1, 0.15) is 11.6 Å². The van der Waals surface area contributed by atoms with Crippen molar-refractivity contribution in [3.8, 4) is 0 Å². The van der Waals surface area contributed by atoms with Crippen LogP contribution < -0.4 is 5.32 Å². The third-order valence-electron chi connectivity index (χ3n) is 7.47. The minimum absolute atomic E-state index is 0. The highest BCUT2D eigenvalue weighted by molar-refractivity contribution is 6.00. The van der Waals surface area contributed by atoms with E-state index in [0.717, 1.165) is 51.7 Å². The van der Waals surface area contributed by atoms with Crippen LogP contribution >= 0.6 is 12.4 Å². The number of carbonyl (C=O) groups excluding carboxylic acids is 2. The molecule has 0 aliphatic carbocycles. The van der Waals surface area contributed by atoms with E-state index in [-0.39, 0.29) is 30.3 Å². The first-order valence-electron chi connectivity index (χ1n) is 13.3. The molecule has 0 saturated carbocycles. The number of amides is 2. The molecule has 3 rings (SSSR count). The molecular formula is C28H46ClN3O2. The lowest BCUT2D eigenvalue weighted by Gasteiger charge is -2.52. The Morgan fingerprint density at radius 2 is 1.65 bits per heavy atom. The summed E-state index contributed by atoms with van der Waals surface area (Å²) >= 11 is 0. The van der Waals surface area contributed by atoms with Crippen molar-refractivity contribution in [2.75, 3.05) is 26.2 Å². The van der Waals surface area contributed by atoms with Crippen LogP contribution in [0.1, 0.15) is 84.1 Å². The number of likely N-dealkylation sites (tertiary alicyclic amines) is 1. The van der Waals surface area contributed by atoms with Crippen molar-refractivity contribution in [2.45, 2.75) is 96.6 Å². The highest BCUT2D eigenvalue weighted by Gasteiger charge is 2.53. The average Bonchev–Trinajstić information content (AvgIpc) is 2.81. The summed E-state index contributed by atoms with van der Waals surface area (Å²) in [7, 11) is 0. The van der Waals surface area contributed by atoms with Crippen LogP contribution in [0.3, 0.4) is 0 Å². The van der Waals surface area contributed by atoms with E-state index in [1.165, 1.54) is 37.7 Å². The molecule has 1 aromatic carbocycles. The molecule has 2 fully saturated rings. The van der Waals surface area contributed by atoms with Crippen molar-refractivity contribution in [1.29, 1.82) is 0 Å². The fourth-order valence-electron chi connectivity index (χ4n) is 5.45. The van der Waals surface area contributed by atoms with Crippen molar-refractivity contribution in [3.63, 3.8) is 0 Å². The predicted octanol–water partition coefficient (Wildman–Crippen LogP) is 5.22. The van der Waals surface area contributed by atoms with E-state index in [9.17, 15) is 9.59 Å². The summed E-state index contributed by atoms with van der Waals surface area (Å²) in [6.07, 6.45) is 10.4. The van der Waals surface area contributed by atoms with Gasteiger partial charge in [0.25, 0.3) is 0 Å². The number of rotatable bonds is 12. The van der Waals surface area contributed by atoms with Crippen LogP contribution in [0.5, 0.6) is 0 Å². The first-order chi connectivity index (χ1) is 16.0. The van der Waals surface area contributed by atoms with Crippen molar-refractivity contribution < 1.29 is 9.59 Å². The van der Waals surface area contributed by atoms with Gasteiger partial charge in [-0.15, -0.1) is 12.4 Å². The Balaban J connectivity index is 0.00000408. The van der Waals surface area contributed by atoms with Crippen molar-refractivity contribution in [1.82, 2.24) is 15.1 Å². The fraction of sp³-hybridized carbons (Fsp3) is 0.714. The summed E-state index contributed by atoms with van der Waals surface area (Å²) < 4.78 is 0. The number of unbranched alkanes of at least 4 members (excludes halogenated alkanes) is 4. The van der Waals surface area contributed by atoms with Crippen molar-refractivity contribution >= 4 is 24.2 Å². The number of nitrogens with one attached hydrogen (secondary N) is 1. The van der Waals surface area contributed by atoms with Crippen LogP contribution in [0.4, 0.5) is 0 Å². The number of piperazine rings is 1. The summed E-state index contributed by atoms with van der Waals surface area (Å²) in [6, 6.07) is 10.4. The van der Waals surface area contributed by atoms with Crippen molar-refractivity contribution in [2.24, 2.45) is 5.92 Å². The number of piperidine rings is 1. The Labute approximate surface area is 213 Å². The lowest BCUT2D eigenvalue weighted by Crippen LogP contribution is -2.73.